The Labute approximate surface area is 359 Å². The van der Waals surface area contributed by atoms with E-state index in [1.165, 1.54) is 28.3 Å². The molecule has 0 amide bonds. The van der Waals surface area contributed by atoms with Gasteiger partial charge in [-0.3, -0.25) is 13.9 Å². The molecule has 5 aromatic rings. The molecule has 314 valence electrons. The molecule has 0 aromatic heterocycles. The second-order valence-corrected chi connectivity index (χ2v) is 14.8. The highest BCUT2D eigenvalue weighted by Crippen LogP contribution is 2.51. The summed E-state index contributed by atoms with van der Waals surface area (Å²) in [6, 6.07) is 46.2. The van der Waals surface area contributed by atoms with E-state index in [-0.39, 0.29) is 21.5 Å². The van der Waals surface area contributed by atoms with Gasteiger partial charge in [0.25, 0.3) is 0 Å². The number of allylic oxidation sites excluding steroid dienone is 5. The number of hydrogen-bond donors (Lipinski definition) is 0. The minimum absolute atomic E-state index is 0.246. The van der Waals surface area contributed by atoms with Gasteiger partial charge in [0, 0.05) is 13.2 Å². The fourth-order valence-electron chi connectivity index (χ4n) is 5.02. The van der Waals surface area contributed by atoms with Crippen LogP contribution < -0.4 is 0 Å². The van der Waals surface area contributed by atoms with Crippen molar-refractivity contribution in [3.63, 3.8) is 0 Å². The molecule has 0 heterocycles. The molecule has 7 nitrogen and oxygen atoms in total. The maximum absolute atomic E-state index is 12.3. The third-order valence-electron chi connectivity index (χ3n) is 7.82. The van der Waals surface area contributed by atoms with E-state index < -0.39 is 7.60 Å². The number of rotatable bonds is 19. The molecular formula is C51H58O7P2. The number of carbonyl (C=O) groups is 1. The van der Waals surface area contributed by atoms with Gasteiger partial charge in [0.05, 0.1) is 26.0 Å². The van der Waals surface area contributed by atoms with Crippen molar-refractivity contribution in [2.24, 2.45) is 0 Å². The lowest BCUT2D eigenvalue weighted by Gasteiger charge is -2.17. The largest absolute Gasteiger partial charge is 0.382 e. The van der Waals surface area contributed by atoms with E-state index >= 15 is 0 Å². The van der Waals surface area contributed by atoms with Crippen molar-refractivity contribution in [1.29, 1.82) is 0 Å². The van der Waals surface area contributed by atoms with Crippen LogP contribution in [0.25, 0.3) is 30.4 Å². The van der Waals surface area contributed by atoms with Crippen molar-refractivity contribution >= 4 is 52.9 Å². The Morgan fingerprint density at radius 3 is 1.13 bits per heavy atom. The Balaban J connectivity index is 0.000000317. The normalized spacial score (nSPS) is 11.3. The zero-order valence-electron chi connectivity index (χ0n) is 35.1. The first kappa shape index (κ1) is 50.8. The number of benzene rings is 5. The van der Waals surface area contributed by atoms with E-state index in [1.807, 2.05) is 105 Å². The Morgan fingerprint density at radius 1 is 0.467 bits per heavy atom. The number of ether oxygens (including phenoxy) is 1. The molecule has 0 aliphatic carbocycles. The van der Waals surface area contributed by atoms with Crippen LogP contribution in [0.3, 0.4) is 0 Å². The monoisotopic (exact) mass is 844 g/mol. The van der Waals surface area contributed by atoms with Gasteiger partial charge in [0.15, 0.2) is 0 Å². The van der Waals surface area contributed by atoms with E-state index in [4.69, 9.17) is 18.3 Å². The lowest BCUT2D eigenvalue weighted by molar-refractivity contribution is -0.104. The SMILES string of the molecule is C(/C=C/c1ccc(/C=C/C=C/c2ccccc2)cc1)=C\c1ccccc1.CCOCC.CCOP(=O)(Cc1ccc(COP=O)cc1)OCC.O=C/C=C/c1ccccc1. The number of hydrogen-bond acceptors (Lipinski definition) is 7. The van der Waals surface area contributed by atoms with Crippen molar-refractivity contribution in [2.75, 3.05) is 26.4 Å². The molecule has 0 unspecified atom stereocenters. The Kier molecular flexibility index (Phi) is 28.3. The maximum Gasteiger partial charge on any atom is 0.335 e. The van der Waals surface area contributed by atoms with E-state index in [0.717, 1.165) is 36.2 Å². The molecular weight excluding hydrogens is 787 g/mol. The average molecular weight is 845 g/mol. The fraction of sp³-hybridized carbons (Fsp3) is 0.196. The highest BCUT2D eigenvalue weighted by molar-refractivity contribution is 7.53. The summed E-state index contributed by atoms with van der Waals surface area (Å²) < 4.78 is 42.6. The lowest BCUT2D eigenvalue weighted by atomic mass is 10.1. The zero-order chi connectivity index (χ0) is 43.4. The molecule has 0 atom stereocenters. The molecule has 0 aliphatic rings. The van der Waals surface area contributed by atoms with Crippen molar-refractivity contribution in [2.45, 2.75) is 40.5 Å². The maximum atomic E-state index is 12.3. The molecule has 5 aromatic carbocycles. The first-order valence-corrected chi connectivity index (χ1v) is 22.4. The van der Waals surface area contributed by atoms with Crippen molar-refractivity contribution < 1.29 is 32.2 Å². The molecule has 0 N–H and O–H groups in total. The standard InChI is InChI=1S/C26H22.C12H18O5P2.C9H8O.C4H10O/c1-3-11-23(12-4-1)15-7-9-17-25-19-21-26(22-20-25)18-10-8-16-24-13-5-2-6-14-24;1-3-16-19(14,17-4-2)10-12-7-5-11(6-8-12)9-15-18-13;10-8-4-7-9-5-2-1-3-6-9;1-3-5-4-2/h1-22H;5-8H,3-4,9-10H2,1-2H3;1-8H;3-4H2,1-2H3/b15-7+,16-8+,17-9+,18-10+;;7-4+;. The van der Waals surface area contributed by atoms with Gasteiger partial charge in [-0.05, 0) is 72.7 Å². The van der Waals surface area contributed by atoms with Crippen LogP contribution in [-0.4, -0.2) is 32.7 Å². The van der Waals surface area contributed by atoms with Crippen LogP contribution >= 0.6 is 16.3 Å². The summed E-state index contributed by atoms with van der Waals surface area (Å²) in [5, 5.41) is 0. The first-order chi connectivity index (χ1) is 29.4. The van der Waals surface area contributed by atoms with Gasteiger partial charge in [-0.15, -0.1) is 0 Å². The summed E-state index contributed by atoms with van der Waals surface area (Å²) in [6.07, 6.45) is 21.0. The van der Waals surface area contributed by atoms with Gasteiger partial charge >= 0.3 is 16.3 Å². The van der Waals surface area contributed by atoms with Crippen molar-refractivity contribution in [1.82, 2.24) is 0 Å². The topological polar surface area (TPSA) is 88.1 Å². The zero-order valence-corrected chi connectivity index (χ0v) is 36.9. The van der Waals surface area contributed by atoms with Crippen LogP contribution in [0.4, 0.5) is 0 Å². The first-order valence-electron chi connectivity index (χ1n) is 19.9. The third-order valence-corrected chi connectivity index (χ3v) is 10.1. The summed E-state index contributed by atoms with van der Waals surface area (Å²) in [5.74, 6) is 0. The van der Waals surface area contributed by atoms with Gasteiger partial charge in [0.1, 0.15) is 6.29 Å². The molecule has 0 saturated heterocycles. The lowest BCUT2D eigenvalue weighted by Crippen LogP contribution is -1.99. The van der Waals surface area contributed by atoms with Crippen LogP contribution in [-0.2, 0) is 45.0 Å². The molecule has 0 fully saturated rings. The molecule has 0 aliphatic heterocycles. The molecule has 60 heavy (non-hydrogen) atoms. The minimum Gasteiger partial charge on any atom is -0.382 e. The van der Waals surface area contributed by atoms with Gasteiger partial charge in [-0.1, -0.05) is 194 Å². The van der Waals surface area contributed by atoms with Gasteiger partial charge in [-0.25, -0.2) is 4.57 Å². The highest BCUT2D eigenvalue weighted by Gasteiger charge is 2.23. The summed E-state index contributed by atoms with van der Waals surface area (Å²) >= 11 is 0. The fourth-order valence-corrected chi connectivity index (χ4v) is 6.92. The summed E-state index contributed by atoms with van der Waals surface area (Å²) in [4.78, 5) is 9.89. The summed E-state index contributed by atoms with van der Waals surface area (Å²) in [7, 11) is -3.40. The predicted octanol–water partition coefficient (Wildman–Crippen LogP) is 14.3. The molecule has 0 bridgehead atoms. The Morgan fingerprint density at radius 2 is 0.817 bits per heavy atom. The van der Waals surface area contributed by atoms with Crippen LogP contribution in [0.5, 0.6) is 0 Å². The Bertz CT molecular complexity index is 1950. The molecule has 0 spiro atoms. The second-order valence-electron chi connectivity index (χ2n) is 12.4. The van der Waals surface area contributed by atoms with Crippen LogP contribution in [0.1, 0.15) is 66.6 Å². The highest BCUT2D eigenvalue weighted by atomic mass is 31.2. The quantitative estimate of drug-likeness (QED) is 0.0354. The van der Waals surface area contributed by atoms with E-state index in [2.05, 4.69) is 97.1 Å². The molecule has 0 radical (unpaired) electrons. The number of carbonyl (C=O) groups excluding carboxylic acids is 1. The van der Waals surface area contributed by atoms with Crippen molar-refractivity contribution in [3.05, 3.63) is 209 Å². The molecule has 5 rings (SSSR count). The number of aldehydes is 1. The van der Waals surface area contributed by atoms with E-state index in [1.54, 1.807) is 19.9 Å². The van der Waals surface area contributed by atoms with Gasteiger partial charge in [-0.2, -0.15) is 0 Å². The predicted molar refractivity (Wildman–Crippen MR) is 253 cm³/mol. The van der Waals surface area contributed by atoms with Gasteiger partial charge < -0.3 is 13.8 Å². The summed E-state index contributed by atoms with van der Waals surface area (Å²) in [5.41, 5.74) is 7.62. The van der Waals surface area contributed by atoms with Crippen LogP contribution in [0, 0.1) is 0 Å². The summed E-state index contributed by atoms with van der Waals surface area (Å²) in [6.45, 7) is 10.2. The molecule has 0 saturated carbocycles. The van der Waals surface area contributed by atoms with E-state index in [9.17, 15) is 13.9 Å². The molecule has 9 heteroatoms. The smallest absolute Gasteiger partial charge is 0.335 e. The average Bonchev–Trinajstić information content (AvgIpc) is 3.28. The van der Waals surface area contributed by atoms with Gasteiger partial charge in [0.2, 0.25) is 0 Å². The minimum atomic E-state index is -3.06. The Hall–Kier alpha value is -5.36. The van der Waals surface area contributed by atoms with E-state index in [0.29, 0.717) is 13.2 Å². The third kappa shape index (κ3) is 24.5. The second kappa shape index (κ2) is 33.5. The van der Waals surface area contributed by atoms with Crippen LogP contribution in [0.2, 0.25) is 0 Å². The van der Waals surface area contributed by atoms with Crippen molar-refractivity contribution in [3.8, 4) is 0 Å². The van der Waals surface area contributed by atoms with Crippen LogP contribution in [0.15, 0.2) is 170 Å².